The zero-order chi connectivity index (χ0) is 15.5. The van der Waals surface area contributed by atoms with Crippen LogP contribution in [0, 0.1) is 0 Å². The van der Waals surface area contributed by atoms with Gasteiger partial charge in [0, 0.05) is 18.8 Å². The van der Waals surface area contributed by atoms with Gasteiger partial charge in [-0.1, -0.05) is 0 Å². The summed E-state index contributed by atoms with van der Waals surface area (Å²) in [6, 6.07) is 2.97. The van der Waals surface area contributed by atoms with Crippen LogP contribution in [0.5, 0.6) is 5.75 Å². The first kappa shape index (κ1) is 14.2. The lowest BCUT2D eigenvalue weighted by Gasteiger charge is -2.08. The van der Waals surface area contributed by atoms with Gasteiger partial charge in [-0.05, 0) is 30.9 Å². The van der Waals surface area contributed by atoms with Gasteiger partial charge in [0.15, 0.2) is 0 Å². The van der Waals surface area contributed by atoms with E-state index in [2.05, 4.69) is 15.4 Å². The molecule has 0 unspecified atom stereocenters. The Bertz CT molecular complexity index is 770. The summed E-state index contributed by atoms with van der Waals surface area (Å²) in [5.74, 6) is -0.415. The van der Waals surface area contributed by atoms with E-state index in [1.54, 1.807) is 6.07 Å². The first-order valence-corrected chi connectivity index (χ1v) is 7.15. The Labute approximate surface area is 126 Å². The summed E-state index contributed by atoms with van der Waals surface area (Å²) in [6.45, 7) is 0.588. The highest BCUT2D eigenvalue weighted by Gasteiger charge is 2.14. The second-order valence-electron chi connectivity index (χ2n) is 5.22. The maximum atomic E-state index is 11.9. The van der Waals surface area contributed by atoms with Crippen molar-refractivity contribution in [1.82, 2.24) is 20.1 Å². The first-order valence-electron chi connectivity index (χ1n) is 7.15. The topological polar surface area (TPSA) is 97.1 Å². The Kier molecular flexibility index (Phi) is 3.86. The normalized spacial score (nSPS) is 12.9. The molecule has 2 heterocycles. The lowest BCUT2D eigenvalue weighted by Crippen LogP contribution is -2.32. The molecule has 1 aliphatic carbocycles. The number of fused-ring (bicyclic) bond motifs is 1. The van der Waals surface area contributed by atoms with Crippen LogP contribution < -0.4 is 10.9 Å². The van der Waals surface area contributed by atoms with Gasteiger partial charge in [0.1, 0.15) is 5.75 Å². The Morgan fingerprint density at radius 3 is 3.00 bits per heavy atom. The van der Waals surface area contributed by atoms with E-state index >= 15 is 0 Å². The number of rotatable bonds is 4. The number of hydrogen-bond donors (Lipinski definition) is 2. The molecule has 7 heteroatoms. The molecule has 0 saturated carbocycles. The lowest BCUT2D eigenvalue weighted by atomic mass is 10.2. The highest BCUT2D eigenvalue weighted by molar-refractivity contribution is 5.94. The summed E-state index contributed by atoms with van der Waals surface area (Å²) in [5.41, 5.74) is 2.14. The number of nitrogens with zero attached hydrogens (tertiary/aromatic N) is 3. The highest BCUT2D eigenvalue weighted by Crippen LogP contribution is 2.16. The molecule has 0 atom stereocenters. The molecule has 0 spiro atoms. The molecule has 7 nitrogen and oxygen atoms in total. The summed E-state index contributed by atoms with van der Waals surface area (Å²) in [4.78, 5) is 27.5. The van der Waals surface area contributed by atoms with E-state index in [0.717, 1.165) is 30.5 Å². The minimum absolute atomic E-state index is 0.0656. The number of pyridine rings is 1. The van der Waals surface area contributed by atoms with Crippen molar-refractivity contribution >= 4 is 5.91 Å². The summed E-state index contributed by atoms with van der Waals surface area (Å²) in [5, 5.41) is 16.3. The fourth-order valence-electron chi connectivity index (χ4n) is 2.53. The maximum absolute atomic E-state index is 11.9. The largest absolute Gasteiger partial charge is 0.506 e. The van der Waals surface area contributed by atoms with Crippen molar-refractivity contribution in [3.63, 3.8) is 0 Å². The third-order valence-electron chi connectivity index (χ3n) is 3.62. The number of aryl methyl sites for hydroxylation is 2. The van der Waals surface area contributed by atoms with Crippen molar-refractivity contribution in [3.05, 3.63) is 51.7 Å². The number of nitrogens with one attached hydrogen (secondary N) is 1. The molecule has 2 N–H and O–H groups in total. The van der Waals surface area contributed by atoms with Gasteiger partial charge in [0.25, 0.3) is 11.5 Å². The number of carbonyl (C=O) groups is 1. The van der Waals surface area contributed by atoms with Gasteiger partial charge in [-0.15, -0.1) is 0 Å². The van der Waals surface area contributed by atoms with Gasteiger partial charge >= 0.3 is 0 Å². The Morgan fingerprint density at radius 1 is 1.32 bits per heavy atom. The molecule has 1 aliphatic rings. The van der Waals surface area contributed by atoms with E-state index in [9.17, 15) is 14.7 Å². The predicted molar refractivity (Wildman–Crippen MR) is 78.8 cm³/mol. The van der Waals surface area contributed by atoms with Crippen molar-refractivity contribution < 1.29 is 9.90 Å². The van der Waals surface area contributed by atoms with Crippen molar-refractivity contribution in [1.29, 1.82) is 0 Å². The third-order valence-corrected chi connectivity index (χ3v) is 3.62. The van der Waals surface area contributed by atoms with Crippen LogP contribution in [0.4, 0.5) is 0 Å². The van der Waals surface area contributed by atoms with Crippen LogP contribution in [0.25, 0.3) is 0 Å². The second kappa shape index (κ2) is 5.97. The predicted octanol–water partition coefficient (Wildman–Crippen LogP) is 0.263. The molecule has 0 fully saturated rings. The summed E-state index contributed by atoms with van der Waals surface area (Å²) in [7, 11) is 0. The lowest BCUT2D eigenvalue weighted by molar-refractivity contribution is 0.0951. The van der Waals surface area contributed by atoms with Crippen LogP contribution in [0.1, 0.15) is 28.0 Å². The monoisotopic (exact) mass is 300 g/mol. The smallest absolute Gasteiger partial charge is 0.267 e. The molecular weight excluding hydrogens is 284 g/mol. The molecule has 0 saturated heterocycles. The SMILES string of the molecule is O=C(NCCn1nc2c(cc1=O)CCC2)c1cncc(O)c1. The number of aromatic hydroxyl groups is 1. The summed E-state index contributed by atoms with van der Waals surface area (Å²) in [6.07, 6.45) is 5.48. The summed E-state index contributed by atoms with van der Waals surface area (Å²) >= 11 is 0. The molecule has 22 heavy (non-hydrogen) atoms. The van der Waals surface area contributed by atoms with Crippen LogP contribution in [0.2, 0.25) is 0 Å². The quantitative estimate of drug-likeness (QED) is 0.844. The van der Waals surface area contributed by atoms with Gasteiger partial charge in [0.2, 0.25) is 0 Å². The third kappa shape index (κ3) is 2.98. The molecule has 114 valence electrons. The van der Waals surface area contributed by atoms with Crippen molar-refractivity contribution in [2.24, 2.45) is 0 Å². The molecule has 3 rings (SSSR count). The molecule has 2 aromatic rings. The van der Waals surface area contributed by atoms with Crippen molar-refractivity contribution in [2.45, 2.75) is 25.8 Å². The minimum atomic E-state index is -0.349. The number of hydrogen-bond acceptors (Lipinski definition) is 5. The average molecular weight is 300 g/mol. The van der Waals surface area contributed by atoms with Gasteiger partial charge < -0.3 is 10.4 Å². The Balaban J connectivity index is 1.62. The molecule has 0 aliphatic heterocycles. The second-order valence-corrected chi connectivity index (χ2v) is 5.22. The van der Waals surface area contributed by atoms with Gasteiger partial charge in [-0.2, -0.15) is 5.10 Å². The zero-order valence-corrected chi connectivity index (χ0v) is 12.0. The number of amides is 1. The van der Waals surface area contributed by atoms with E-state index in [1.807, 2.05) is 0 Å². The van der Waals surface area contributed by atoms with Gasteiger partial charge in [-0.25, -0.2) is 4.68 Å². The van der Waals surface area contributed by atoms with Crippen molar-refractivity contribution in [2.75, 3.05) is 6.54 Å². The molecule has 0 radical (unpaired) electrons. The molecule has 1 amide bonds. The molecular formula is C15H16N4O3. The van der Waals surface area contributed by atoms with Crippen LogP contribution >= 0.6 is 0 Å². The fraction of sp³-hybridized carbons (Fsp3) is 0.333. The number of carbonyl (C=O) groups excluding carboxylic acids is 1. The maximum Gasteiger partial charge on any atom is 0.267 e. The van der Waals surface area contributed by atoms with Crippen LogP contribution in [0.15, 0.2) is 29.3 Å². The van der Waals surface area contributed by atoms with E-state index in [0.29, 0.717) is 6.54 Å². The molecule has 0 bridgehead atoms. The van der Waals surface area contributed by atoms with E-state index in [-0.39, 0.29) is 29.3 Å². The van der Waals surface area contributed by atoms with Gasteiger partial charge in [0.05, 0.1) is 24.0 Å². The minimum Gasteiger partial charge on any atom is -0.506 e. The molecule has 2 aromatic heterocycles. The van der Waals surface area contributed by atoms with Crippen LogP contribution in [-0.4, -0.2) is 32.3 Å². The van der Waals surface area contributed by atoms with Crippen LogP contribution in [0.3, 0.4) is 0 Å². The molecule has 0 aromatic carbocycles. The fourth-order valence-corrected chi connectivity index (χ4v) is 2.53. The van der Waals surface area contributed by atoms with Crippen molar-refractivity contribution in [3.8, 4) is 5.75 Å². The van der Waals surface area contributed by atoms with Crippen LogP contribution in [-0.2, 0) is 19.4 Å². The first-order chi connectivity index (χ1) is 10.6. The van der Waals surface area contributed by atoms with E-state index in [4.69, 9.17) is 0 Å². The van der Waals surface area contributed by atoms with E-state index in [1.165, 1.54) is 23.1 Å². The highest BCUT2D eigenvalue weighted by atomic mass is 16.3. The summed E-state index contributed by atoms with van der Waals surface area (Å²) < 4.78 is 1.38. The van der Waals surface area contributed by atoms with Gasteiger partial charge in [-0.3, -0.25) is 14.6 Å². The standard InChI is InChI=1S/C15H16N4O3/c20-12-6-11(8-16-9-12)15(22)17-4-5-19-14(21)7-10-2-1-3-13(10)18-19/h6-9,20H,1-5H2,(H,17,22). The van der Waals surface area contributed by atoms with E-state index < -0.39 is 0 Å². The Hall–Kier alpha value is -2.70. The zero-order valence-electron chi connectivity index (χ0n) is 12.0. The number of aromatic nitrogens is 3. The average Bonchev–Trinajstić information content (AvgIpc) is 2.94. The Morgan fingerprint density at radius 2 is 2.18 bits per heavy atom.